The minimum Gasteiger partial charge on any atom is -0.493 e. The van der Waals surface area contributed by atoms with Crippen molar-refractivity contribution < 1.29 is 9.47 Å². The van der Waals surface area contributed by atoms with Crippen molar-refractivity contribution in [1.82, 2.24) is 9.55 Å². The van der Waals surface area contributed by atoms with Crippen LogP contribution in [0.1, 0.15) is 12.0 Å². The van der Waals surface area contributed by atoms with Crippen molar-refractivity contribution in [2.24, 2.45) is 0 Å². The molecule has 0 bridgehead atoms. The lowest BCUT2D eigenvalue weighted by Crippen LogP contribution is -2.21. The largest absolute Gasteiger partial charge is 0.493 e. The van der Waals surface area contributed by atoms with Gasteiger partial charge >= 0.3 is 0 Å². The molecule has 134 valence electrons. The standard InChI is InChI=1S/C21H22N2O3/c1-3-7-16-10-11-19(20(14-16)25-2)26-13-6-12-23-15-22-18-9-5-4-8-17(18)21(23)24/h3-5,8-11,14-15H,1,6-7,12-13H2,2H3. The van der Waals surface area contributed by atoms with Gasteiger partial charge in [-0.15, -0.1) is 6.58 Å². The SMILES string of the molecule is C=CCc1ccc(OCCCn2cnc3ccccc3c2=O)c(OC)c1. The zero-order valence-corrected chi connectivity index (χ0v) is 14.9. The number of allylic oxidation sites excluding steroid dienone is 1. The minimum absolute atomic E-state index is 0.0260. The van der Waals surface area contributed by atoms with Crippen LogP contribution in [0.25, 0.3) is 10.9 Å². The summed E-state index contributed by atoms with van der Waals surface area (Å²) < 4.78 is 12.8. The Morgan fingerprint density at radius 3 is 2.85 bits per heavy atom. The van der Waals surface area contributed by atoms with Crippen molar-refractivity contribution in [2.75, 3.05) is 13.7 Å². The molecule has 0 aliphatic carbocycles. The number of ether oxygens (including phenoxy) is 2. The van der Waals surface area contributed by atoms with Crippen LogP contribution in [-0.2, 0) is 13.0 Å². The highest BCUT2D eigenvalue weighted by Crippen LogP contribution is 2.28. The van der Waals surface area contributed by atoms with E-state index in [9.17, 15) is 4.79 Å². The Labute approximate surface area is 152 Å². The van der Waals surface area contributed by atoms with Gasteiger partial charge in [-0.1, -0.05) is 24.3 Å². The molecule has 0 saturated heterocycles. The molecule has 0 radical (unpaired) electrons. The first kappa shape index (κ1) is 17.7. The van der Waals surface area contributed by atoms with Gasteiger partial charge in [0.25, 0.3) is 5.56 Å². The Balaban J connectivity index is 1.62. The van der Waals surface area contributed by atoms with Gasteiger partial charge in [-0.25, -0.2) is 4.98 Å². The molecule has 3 rings (SSSR count). The minimum atomic E-state index is -0.0260. The molecular weight excluding hydrogens is 328 g/mol. The molecule has 0 saturated carbocycles. The summed E-state index contributed by atoms with van der Waals surface area (Å²) in [6, 6.07) is 13.2. The van der Waals surface area contributed by atoms with Gasteiger partial charge in [0, 0.05) is 6.54 Å². The number of hydrogen-bond donors (Lipinski definition) is 0. The van der Waals surface area contributed by atoms with Crippen LogP contribution in [0.5, 0.6) is 11.5 Å². The number of hydrogen-bond acceptors (Lipinski definition) is 4. The van der Waals surface area contributed by atoms with Crippen LogP contribution in [0.3, 0.4) is 0 Å². The molecule has 0 aliphatic rings. The fourth-order valence-corrected chi connectivity index (χ4v) is 2.81. The van der Waals surface area contributed by atoms with Crippen molar-refractivity contribution in [3.05, 3.63) is 77.4 Å². The summed E-state index contributed by atoms with van der Waals surface area (Å²) in [5, 5.41) is 0.635. The number of nitrogens with zero attached hydrogens (tertiary/aromatic N) is 2. The van der Waals surface area contributed by atoms with Crippen LogP contribution in [-0.4, -0.2) is 23.3 Å². The second kappa shape index (κ2) is 8.34. The summed E-state index contributed by atoms with van der Waals surface area (Å²) in [7, 11) is 1.63. The fraction of sp³-hybridized carbons (Fsp3) is 0.238. The third-order valence-corrected chi connectivity index (χ3v) is 4.14. The molecule has 0 amide bonds. The number of aromatic nitrogens is 2. The first-order valence-electron chi connectivity index (χ1n) is 8.57. The maximum atomic E-state index is 12.4. The molecule has 5 heteroatoms. The van der Waals surface area contributed by atoms with E-state index in [0.29, 0.717) is 42.0 Å². The predicted molar refractivity (Wildman–Crippen MR) is 103 cm³/mol. The normalized spacial score (nSPS) is 10.7. The lowest BCUT2D eigenvalue weighted by atomic mass is 10.1. The van der Waals surface area contributed by atoms with E-state index in [1.165, 1.54) is 0 Å². The van der Waals surface area contributed by atoms with Gasteiger partial charge in [-0.05, 0) is 42.7 Å². The highest BCUT2D eigenvalue weighted by Gasteiger charge is 2.06. The third kappa shape index (κ3) is 3.94. The number of para-hydroxylation sites is 1. The Hall–Kier alpha value is -3.08. The van der Waals surface area contributed by atoms with Crippen molar-refractivity contribution in [3.63, 3.8) is 0 Å². The van der Waals surface area contributed by atoms with Crippen molar-refractivity contribution in [1.29, 1.82) is 0 Å². The molecule has 0 fully saturated rings. The van der Waals surface area contributed by atoms with E-state index in [2.05, 4.69) is 11.6 Å². The average Bonchev–Trinajstić information content (AvgIpc) is 2.68. The van der Waals surface area contributed by atoms with E-state index in [4.69, 9.17) is 9.47 Å². The first-order chi connectivity index (χ1) is 12.7. The number of methoxy groups -OCH3 is 1. The number of benzene rings is 2. The molecule has 5 nitrogen and oxygen atoms in total. The molecule has 0 N–H and O–H groups in total. The van der Waals surface area contributed by atoms with Crippen molar-refractivity contribution >= 4 is 10.9 Å². The van der Waals surface area contributed by atoms with E-state index in [1.54, 1.807) is 24.1 Å². The van der Waals surface area contributed by atoms with Gasteiger partial charge in [0.15, 0.2) is 11.5 Å². The van der Waals surface area contributed by atoms with Crippen molar-refractivity contribution in [2.45, 2.75) is 19.4 Å². The van der Waals surface area contributed by atoms with Gasteiger partial charge in [-0.3, -0.25) is 9.36 Å². The molecule has 1 aromatic heterocycles. The van der Waals surface area contributed by atoms with Crippen molar-refractivity contribution in [3.8, 4) is 11.5 Å². The average molecular weight is 350 g/mol. The van der Waals surface area contributed by atoms with Crippen LogP contribution in [0.2, 0.25) is 0 Å². The van der Waals surface area contributed by atoms with E-state index in [0.717, 1.165) is 12.0 Å². The van der Waals surface area contributed by atoms with Crippen LogP contribution < -0.4 is 15.0 Å². The lowest BCUT2D eigenvalue weighted by Gasteiger charge is -2.12. The summed E-state index contributed by atoms with van der Waals surface area (Å²) in [5.41, 5.74) is 1.81. The third-order valence-electron chi connectivity index (χ3n) is 4.14. The smallest absolute Gasteiger partial charge is 0.261 e. The van der Waals surface area contributed by atoms with E-state index in [-0.39, 0.29) is 5.56 Å². The monoisotopic (exact) mass is 350 g/mol. The summed E-state index contributed by atoms with van der Waals surface area (Å²) in [6.45, 7) is 4.78. The van der Waals surface area contributed by atoms with E-state index >= 15 is 0 Å². The molecular formula is C21H22N2O3. The van der Waals surface area contributed by atoms with Crippen LogP contribution >= 0.6 is 0 Å². The molecule has 26 heavy (non-hydrogen) atoms. The predicted octanol–water partition coefficient (Wildman–Crippen LogP) is 3.60. The fourth-order valence-electron chi connectivity index (χ4n) is 2.81. The summed E-state index contributed by atoms with van der Waals surface area (Å²) in [4.78, 5) is 16.8. The van der Waals surface area contributed by atoms with Gasteiger partial charge in [-0.2, -0.15) is 0 Å². The molecule has 2 aromatic carbocycles. The maximum Gasteiger partial charge on any atom is 0.261 e. The molecule has 0 unspecified atom stereocenters. The van der Waals surface area contributed by atoms with Crippen LogP contribution in [0.15, 0.2) is 66.2 Å². The second-order valence-electron chi connectivity index (χ2n) is 5.94. The van der Waals surface area contributed by atoms with Gasteiger partial charge < -0.3 is 9.47 Å². The maximum absolute atomic E-state index is 12.4. The Bertz CT molecular complexity index is 963. The highest BCUT2D eigenvalue weighted by molar-refractivity contribution is 5.76. The molecule has 3 aromatic rings. The summed E-state index contributed by atoms with van der Waals surface area (Å²) in [5.74, 6) is 1.40. The Kier molecular flexibility index (Phi) is 5.69. The molecule has 0 spiro atoms. The van der Waals surface area contributed by atoms with Gasteiger partial charge in [0.05, 0.1) is 30.9 Å². The topological polar surface area (TPSA) is 53.4 Å². The lowest BCUT2D eigenvalue weighted by molar-refractivity contribution is 0.282. The van der Waals surface area contributed by atoms with Gasteiger partial charge in [0.2, 0.25) is 0 Å². The zero-order valence-electron chi connectivity index (χ0n) is 14.9. The zero-order chi connectivity index (χ0) is 18.4. The Morgan fingerprint density at radius 2 is 2.04 bits per heavy atom. The number of fused-ring (bicyclic) bond motifs is 1. The summed E-state index contributed by atoms with van der Waals surface area (Å²) >= 11 is 0. The summed E-state index contributed by atoms with van der Waals surface area (Å²) in [6.07, 6.45) is 4.92. The number of aryl methyl sites for hydroxylation is 1. The molecule has 0 aliphatic heterocycles. The molecule has 0 atom stereocenters. The molecule has 1 heterocycles. The number of rotatable bonds is 8. The quantitative estimate of drug-likeness (QED) is 0.460. The van der Waals surface area contributed by atoms with E-state index in [1.807, 2.05) is 42.5 Å². The second-order valence-corrected chi connectivity index (χ2v) is 5.94. The first-order valence-corrected chi connectivity index (χ1v) is 8.57. The van der Waals surface area contributed by atoms with Crippen LogP contribution in [0, 0.1) is 0 Å². The van der Waals surface area contributed by atoms with E-state index < -0.39 is 0 Å². The Morgan fingerprint density at radius 1 is 1.19 bits per heavy atom. The highest BCUT2D eigenvalue weighted by atomic mass is 16.5. The van der Waals surface area contributed by atoms with Crippen LogP contribution in [0.4, 0.5) is 0 Å². The van der Waals surface area contributed by atoms with Gasteiger partial charge in [0.1, 0.15) is 0 Å².